The summed E-state index contributed by atoms with van der Waals surface area (Å²) in [7, 11) is 0. The SMILES string of the molecule is BrCc1noc(-c2cncs2)n1. The molecule has 0 aliphatic rings. The van der Waals surface area contributed by atoms with E-state index in [0.717, 1.165) is 4.88 Å². The molecule has 2 aromatic rings. The molecule has 0 spiro atoms. The monoisotopic (exact) mass is 245 g/mol. The van der Waals surface area contributed by atoms with Gasteiger partial charge in [0.05, 0.1) is 17.0 Å². The lowest BCUT2D eigenvalue weighted by Gasteiger charge is -1.80. The second kappa shape index (κ2) is 3.32. The predicted molar refractivity (Wildman–Crippen MR) is 48.0 cm³/mol. The van der Waals surface area contributed by atoms with Crippen LogP contribution in [0.1, 0.15) is 5.82 Å². The molecule has 62 valence electrons. The summed E-state index contributed by atoms with van der Waals surface area (Å²) in [4.78, 5) is 8.93. The fourth-order valence-corrected chi connectivity index (χ4v) is 1.50. The van der Waals surface area contributed by atoms with Crippen LogP contribution in [0.15, 0.2) is 16.2 Å². The molecule has 0 N–H and O–H groups in total. The zero-order valence-corrected chi connectivity index (χ0v) is 8.30. The molecule has 0 aromatic carbocycles. The molecule has 4 nitrogen and oxygen atoms in total. The van der Waals surface area contributed by atoms with Gasteiger partial charge < -0.3 is 4.52 Å². The molecule has 0 bridgehead atoms. The standard InChI is InChI=1S/C6H4BrN3OS/c7-1-5-9-6(11-10-5)4-2-8-3-12-4/h2-3H,1H2. The summed E-state index contributed by atoms with van der Waals surface area (Å²) in [6, 6.07) is 0. The highest BCUT2D eigenvalue weighted by Gasteiger charge is 2.08. The van der Waals surface area contributed by atoms with Gasteiger partial charge in [-0.25, -0.2) is 0 Å². The lowest BCUT2D eigenvalue weighted by Crippen LogP contribution is -1.78. The molecule has 12 heavy (non-hydrogen) atoms. The first kappa shape index (κ1) is 7.88. The summed E-state index contributed by atoms with van der Waals surface area (Å²) in [5.41, 5.74) is 1.73. The second-order valence-corrected chi connectivity index (χ2v) is 3.46. The molecule has 2 aromatic heterocycles. The first-order valence-corrected chi connectivity index (χ1v) is 5.17. The van der Waals surface area contributed by atoms with Crippen LogP contribution in [-0.4, -0.2) is 15.1 Å². The predicted octanol–water partition coefficient (Wildman–Crippen LogP) is 2.09. The molecule has 6 heteroatoms. The van der Waals surface area contributed by atoms with Gasteiger partial charge in [0.2, 0.25) is 0 Å². The van der Waals surface area contributed by atoms with Gasteiger partial charge >= 0.3 is 0 Å². The van der Waals surface area contributed by atoms with Crippen molar-refractivity contribution in [3.8, 4) is 10.8 Å². The number of halogens is 1. The van der Waals surface area contributed by atoms with E-state index in [4.69, 9.17) is 4.52 Å². The minimum absolute atomic E-state index is 0.534. The minimum atomic E-state index is 0.534. The largest absolute Gasteiger partial charge is 0.333 e. The Morgan fingerprint density at radius 2 is 2.50 bits per heavy atom. The van der Waals surface area contributed by atoms with Crippen LogP contribution in [0.3, 0.4) is 0 Å². The van der Waals surface area contributed by atoms with E-state index >= 15 is 0 Å². The molecule has 0 radical (unpaired) electrons. The van der Waals surface area contributed by atoms with Crippen LogP contribution in [-0.2, 0) is 5.33 Å². The van der Waals surface area contributed by atoms with Crippen LogP contribution >= 0.6 is 27.3 Å². The average Bonchev–Trinajstić information content (AvgIpc) is 2.75. The smallest absolute Gasteiger partial charge is 0.269 e. The Labute approximate surface area is 80.8 Å². The number of thiazole rings is 1. The first-order valence-electron chi connectivity index (χ1n) is 3.17. The summed E-state index contributed by atoms with van der Waals surface area (Å²) in [5.74, 6) is 1.19. The third-order valence-corrected chi connectivity index (χ3v) is 2.49. The Kier molecular flexibility index (Phi) is 2.18. The van der Waals surface area contributed by atoms with Crippen LogP contribution in [0.2, 0.25) is 0 Å². The summed E-state index contributed by atoms with van der Waals surface area (Å²) < 4.78 is 4.98. The maximum absolute atomic E-state index is 4.98. The van der Waals surface area contributed by atoms with Crippen LogP contribution in [0, 0.1) is 0 Å². The highest BCUT2D eigenvalue weighted by molar-refractivity contribution is 9.08. The van der Waals surface area contributed by atoms with Crippen LogP contribution in [0.5, 0.6) is 0 Å². The molecule has 0 amide bonds. The van der Waals surface area contributed by atoms with Gasteiger partial charge in [0.25, 0.3) is 5.89 Å². The molecule has 2 heterocycles. The van der Waals surface area contributed by atoms with Crippen molar-refractivity contribution in [3.63, 3.8) is 0 Å². The highest BCUT2D eigenvalue weighted by atomic mass is 79.9. The van der Waals surface area contributed by atoms with Crippen molar-refractivity contribution in [3.05, 3.63) is 17.5 Å². The van der Waals surface area contributed by atoms with E-state index in [2.05, 4.69) is 31.1 Å². The van der Waals surface area contributed by atoms with E-state index in [1.807, 2.05) is 0 Å². The van der Waals surface area contributed by atoms with Crippen molar-refractivity contribution in [2.75, 3.05) is 0 Å². The number of aromatic nitrogens is 3. The Bertz CT molecular complexity index is 359. The van der Waals surface area contributed by atoms with Crippen molar-refractivity contribution in [1.29, 1.82) is 0 Å². The lowest BCUT2D eigenvalue weighted by molar-refractivity contribution is 0.426. The van der Waals surface area contributed by atoms with Crippen molar-refractivity contribution in [1.82, 2.24) is 15.1 Å². The van der Waals surface area contributed by atoms with Gasteiger partial charge in [-0.3, -0.25) is 4.98 Å². The summed E-state index contributed by atoms with van der Waals surface area (Å²) in [6.07, 6.45) is 1.70. The number of alkyl halides is 1. The normalized spacial score (nSPS) is 10.4. The molecule has 0 aliphatic heterocycles. The van der Waals surface area contributed by atoms with E-state index in [9.17, 15) is 0 Å². The number of hydrogen-bond donors (Lipinski definition) is 0. The quantitative estimate of drug-likeness (QED) is 0.761. The van der Waals surface area contributed by atoms with Gasteiger partial charge in [-0.05, 0) is 0 Å². The van der Waals surface area contributed by atoms with Crippen molar-refractivity contribution < 1.29 is 4.52 Å². The molecule has 0 saturated carbocycles. The Hall–Kier alpha value is -0.750. The molecule has 0 fully saturated rings. The van der Waals surface area contributed by atoms with Crippen LogP contribution < -0.4 is 0 Å². The van der Waals surface area contributed by atoms with Crippen LogP contribution in [0.4, 0.5) is 0 Å². The summed E-state index contributed by atoms with van der Waals surface area (Å²) in [5, 5.41) is 4.34. The average molecular weight is 246 g/mol. The topological polar surface area (TPSA) is 51.8 Å². The molecule has 0 saturated heterocycles. The van der Waals surface area contributed by atoms with E-state index in [1.165, 1.54) is 11.3 Å². The van der Waals surface area contributed by atoms with Gasteiger partial charge in [-0.15, -0.1) is 11.3 Å². The number of nitrogens with zero attached hydrogens (tertiary/aromatic N) is 3. The van der Waals surface area contributed by atoms with Gasteiger partial charge in [0, 0.05) is 0 Å². The summed E-state index contributed by atoms with van der Waals surface area (Å²) >= 11 is 4.71. The van der Waals surface area contributed by atoms with Crippen LogP contribution in [0.25, 0.3) is 10.8 Å². The van der Waals surface area contributed by atoms with Gasteiger partial charge in [0.15, 0.2) is 5.82 Å². The van der Waals surface area contributed by atoms with Crippen molar-refractivity contribution >= 4 is 27.3 Å². The number of hydrogen-bond acceptors (Lipinski definition) is 5. The molecule has 0 atom stereocenters. The van der Waals surface area contributed by atoms with Gasteiger partial charge in [-0.1, -0.05) is 21.1 Å². The molecular formula is C6H4BrN3OS. The molecule has 0 aliphatic carbocycles. The maximum Gasteiger partial charge on any atom is 0.269 e. The zero-order valence-electron chi connectivity index (χ0n) is 5.90. The minimum Gasteiger partial charge on any atom is -0.333 e. The number of rotatable bonds is 2. The van der Waals surface area contributed by atoms with Gasteiger partial charge in [-0.2, -0.15) is 4.98 Å². The van der Waals surface area contributed by atoms with E-state index in [-0.39, 0.29) is 0 Å². The van der Waals surface area contributed by atoms with E-state index in [1.54, 1.807) is 11.7 Å². The second-order valence-electron chi connectivity index (χ2n) is 2.02. The Morgan fingerprint density at radius 1 is 1.58 bits per heavy atom. The van der Waals surface area contributed by atoms with Crippen molar-refractivity contribution in [2.45, 2.75) is 5.33 Å². The maximum atomic E-state index is 4.98. The van der Waals surface area contributed by atoms with E-state index in [0.29, 0.717) is 17.0 Å². The lowest BCUT2D eigenvalue weighted by atomic mass is 10.5. The van der Waals surface area contributed by atoms with E-state index < -0.39 is 0 Å². The Balaban J connectivity index is 2.35. The van der Waals surface area contributed by atoms with Crippen molar-refractivity contribution in [2.24, 2.45) is 0 Å². The third kappa shape index (κ3) is 1.39. The molecular weight excluding hydrogens is 242 g/mol. The van der Waals surface area contributed by atoms with Gasteiger partial charge in [0.1, 0.15) is 4.88 Å². The molecule has 2 rings (SSSR count). The Morgan fingerprint density at radius 3 is 3.08 bits per heavy atom. The first-order chi connectivity index (χ1) is 5.90. The fraction of sp³-hybridized carbons (Fsp3) is 0.167. The fourth-order valence-electron chi connectivity index (χ4n) is 0.730. The summed E-state index contributed by atoms with van der Waals surface area (Å²) in [6.45, 7) is 0. The zero-order chi connectivity index (χ0) is 8.39. The third-order valence-electron chi connectivity index (χ3n) is 1.23. The highest BCUT2D eigenvalue weighted by Crippen LogP contribution is 2.20. The molecule has 0 unspecified atom stereocenters.